The van der Waals surface area contributed by atoms with Crippen molar-refractivity contribution in [2.75, 3.05) is 6.54 Å². The summed E-state index contributed by atoms with van der Waals surface area (Å²) < 4.78 is 0. The third-order valence-electron chi connectivity index (χ3n) is 6.64. The minimum Gasteiger partial charge on any atom is -0.481 e. The quantitative estimate of drug-likeness (QED) is 0.0887. The van der Waals surface area contributed by atoms with E-state index < -0.39 is 60.2 Å². The second-order valence-electron chi connectivity index (χ2n) is 9.86. The van der Waals surface area contributed by atoms with Crippen LogP contribution in [0, 0.1) is 0 Å². The summed E-state index contributed by atoms with van der Waals surface area (Å²) in [7, 11) is 0. The number of amides is 3. The smallest absolute Gasteiger partial charge is 0.326 e. The van der Waals surface area contributed by atoms with Crippen molar-refractivity contribution >= 4 is 40.6 Å². The van der Waals surface area contributed by atoms with Gasteiger partial charge in [0.05, 0.1) is 18.8 Å². The number of imidazole rings is 1. The van der Waals surface area contributed by atoms with Gasteiger partial charge in [-0.3, -0.25) is 19.2 Å². The third-order valence-corrected chi connectivity index (χ3v) is 6.64. The summed E-state index contributed by atoms with van der Waals surface area (Å²) in [6, 6.07) is 2.20. The highest BCUT2D eigenvalue weighted by atomic mass is 16.4. The lowest BCUT2D eigenvalue weighted by molar-refractivity contribution is -0.143. The molecule has 15 heteroatoms. The number of aromatic nitrogens is 3. The normalized spacial score (nSPS) is 14.0. The van der Waals surface area contributed by atoms with E-state index in [2.05, 4.69) is 30.9 Å². The summed E-state index contributed by atoms with van der Waals surface area (Å²) in [6.45, 7) is 0.362. The van der Waals surface area contributed by atoms with Crippen molar-refractivity contribution in [2.24, 2.45) is 11.5 Å². The molecule has 2 aromatic heterocycles. The van der Waals surface area contributed by atoms with Gasteiger partial charge >= 0.3 is 11.9 Å². The van der Waals surface area contributed by atoms with E-state index in [1.807, 2.05) is 24.3 Å². The first kappa shape index (κ1) is 31.8. The van der Waals surface area contributed by atoms with Crippen LogP contribution >= 0.6 is 0 Å². The van der Waals surface area contributed by atoms with E-state index in [0.29, 0.717) is 25.1 Å². The largest absolute Gasteiger partial charge is 0.481 e. The second-order valence-corrected chi connectivity index (χ2v) is 9.86. The number of nitrogens with one attached hydrogen (secondary N) is 5. The number of carboxylic acids is 2. The molecule has 0 saturated heterocycles. The van der Waals surface area contributed by atoms with Crippen LogP contribution in [0.25, 0.3) is 10.9 Å². The first-order valence-corrected chi connectivity index (χ1v) is 13.4. The summed E-state index contributed by atoms with van der Waals surface area (Å²) >= 11 is 0. The molecular formula is C27H36N8O7. The van der Waals surface area contributed by atoms with Crippen LogP contribution in [0.3, 0.4) is 0 Å². The number of hydrogen-bond acceptors (Lipinski definition) is 8. The van der Waals surface area contributed by atoms with Crippen LogP contribution < -0.4 is 27.4 Å². The number of carbonyl (C=O) groups excluding carboxylic acids is 3. The Kier molecular flexibility index (Phi) is 11.6. The van der Waals surface area contributed by atoms with Crippen molar-refractivity contribution in [2.45, 2.75) is 62.7 Å². The molecule has 0 radical (unpaired) electrons. The van der Waals surface area contributed by atoms with Crippen molar-refractivity contribution < 1.29 is 34.2 Å². The van der Waals surface area contributed by atoms with Gasteiger partial charge in [-0.05, 0) is 43.9 Å². The molecule has 11 N–H and O–H groups in total. The molecule has 0 saturated carbocycles. The zero-order chi connectivity index (χ0) is 30.6. The van der Waals surface area contributed by atoms with Crippen molar-refractivity contribution in [3.8, 4) is 0 Å². The number of benzene rings is 1. The van der Waals surface area contributed by atoms with E-state index >= 15 is 0 Å². The Labute approximate surface area is 240 Å². The highest BCUT2D eigenvalue weighted by Gasteiger charge is 2.32. The van der Waals surface area contributed by atoms with Crippen LogP contribution in [0.5, 0.6) is 0 Å². The maximum atomic E-state index is 13.2. The van der Waals surface area contributed by atoms with Crippen LogP contribution in [-0.2, 0) is 36.8 Å². The molecule has 0 bridgehead atoms. The standard InChI is InChI=1S/C27H36N8O7/c28-8-4-3-7-20(27(41)42)33-25(39)21(10-16-13-30-14-32-16)35-26(40)22(11-23(36)37)34-24(38)18(29)9-15-12-31-19-6-2-1-5-17(15)19/h1-2,5-6,12-14,18,20-22,31H,3-4,7-11,28-29H2,(H,30,32)(H,33,39)(H,34,38)(H,35,40)(H,36,37)(H,41,42). The third kappa shape index (κ3) is 9.14. The molecule has 3 rings (SSSR count). The number of aromatic amines is 2. The number of rotatable bonds is 17. The zero-order valence-corrected chi connectivity index (χ0v) is 22.8. The van der Waals surface area contributed by atoms with Crippen LogP contribution in [-0.4, -0.2) is 85.5 Å². The second kappa shape index (κ2) is 15.3. The Morgan fingerprint density at radius 1 is 0.881 bits per heavy atom. The Bertz CT molecular complexity index is 1370. The molecule has 0 spiro atoms. The highest BCUT2D eigenvalue weighted by Crippen LogP contribution is 2.19. The summed E-state index contributed by atoms with van der Waals surface area (Å²) in [5, 5.41) is 27.1. The van der Waals surface area contributed by atoms with E-state index in [-0.39, 0.29) is 19.3 Å². The van der Waals surface area contributed by atoms with Gasteiger partial charge in [0, 0.05) is 35.4 Å². The van der Waals surface area contributed by atoms with Gasteiger partial charge in [-0.1, -0.05) is 18.2 Å². The molecule has 3 aromatic rings. The maximum Gasteiger partial charge on any atom is 0.326 e. The fourth-order valence-electron chi connectivity index (χ4n) is 4.41. The summed E-state index contributed by atoms with van der Waals surface area (Å²) in [6.07, 6.45) is 4.86. The van der Waals surface area contributed by atoms with Gasteiger partial charge < -0.3 is 47.6 Å². The molecule has 1 aromatic carbocycles. The fourth-order valence-corrected chi connectivity index (χ4v) is 4.41. The Morgan fingerprint density at radius 3 is 2.24 bits per heavy atom. The molecule has 15 nitrogen and oxygen atoms in total. The lowest BCUT2D eigenvalue weighted by Crippen LogP contribution is -2.58. The van der Waals surface area contributed by atoms with E-state index in [1.54, 1.807) is 6.20 Å². The van der Waals surface area contributed by atoms with Gasteiger partial charge in [0.2, 0.25) is 17.7 Å². The monoisotopic (exact) mass is 584 g/mol. The number of hydrogen-bond donors (Lipinski definition) is 9. The number of H-pyrrole nitrogens is 2. The molecule has 4 atom stereocenters. The Balaban J connectivity index is 1.72. The minimum absolute atomic E-state index is 0.111. The van der Waals surface area contributed by atoms with Crippen LogP contribution in [0.4, 0.5) is 0 Å². The Morgan fingerprint density at radius 2 is 1.57 bits per heavy atom. The molecule has 0 fully saturated rings. The molecular weight excluding hydrogens is 548 g/mol. The van der Waals surface area contributed by atoms with Crippen LogP contribution in [0.2, 0.25) is 0 Å². The number of carbonyl (C=O) groups is 5. The van der Waals surface area contributed by atoms with Crippen molar-refractivity contribution in [3.63, 3.8) is 0 Å². The average molecular weight is 585 g/mol. The number of nitrogens with two attached hydrogens (primary N) is 2. The summed E-state index contributed by atoms with van der Waals surface area (Å²) in [5.41, 5.74) is 13.6. The van der Waals surface area contributed by atoms with Gasteiger partial charge in [0.25, 0.3) is 0 Å². The van der Waals surface area contributed by atoms with Crippen molar-refractivity contribution in [3.05, 3.63) is 54.2 Å². The molecule has 3 amide bonds. The van der Waals surface area contributed by atoms with E-state index in [0.717, 1.165) is 16.5 Å². The molecule has 42 heavy (non-hydrogen) atoms. The molecule has 0 aliphatic heterocycles. The molecule has 2 heterocycles. The maximum absolute atomic E-state index is 13.2. The molecule has 0 aliphatic rings. The minimum atomic E-state index is -1.57. The Hall–Kier alpha value is -4.76. The number of unbranched alkanes of at least 4 members (excludes halogenated alkanes) is 1. The van der Waals surface area contributed by atoms with Gasteiger partial charge in [-0.15, -0.1) is 0 Å². The van der Waals surface area contributed by atoms with Crippen LogP contribution in [0.1, 0.15) is 36.9 Å². The van der Waals surface area contributed by atoms with E-state index in [9.17, 15) is 34.2 Å². The number of aliphatic carboxylic acids is 2. The SMILES string of the molecule is NCCCCC(NC(=O)C(Cc1cnc[nH]1)NC(=O)C(CC(=O)O)NC(=O)C(N)Cc1c[nH]c2ccccc12)C(=O)O. The molecule has 4 unspecified atom stereocenters. The van der Waals surface area contributed by atoms with Crippen molar-refractivity contribution in [1.29, 1.82) is 0 Å². The topological polar surface area (TPSA) is 258 Å². The highest BCUT2D eigenvalue weighted by molar-refractivity contribution is 5.96. The van der Waals surface area contributed by atoms with Gasteiger partial charge in [0.1, 0.15) is 18.1 Å². The molecule has 0 aliphatic carbocycles. The number of carboxylic acid groups (broad SMARTS) is 2. The lowest BCUT2D eigenvalue weighted by Gasteiger charge is -2.24. The van der Waals surface area contributed by atoms with E-state index in [1.165, 1.54) is 12.5 Å². The summed E-state index contributed by atoms with van der Waals surface area (Å²) in [5.74, 6) is -5.16. The predicted octanol–water partition coefficient (Wildman–Crippen LogP) is -0.854. The number of para-hydroxylation sites is 1. The zero-order valence-electron chi connectivity index (χ0n) is 22.8. The number of nitrogens with zero attached hydrogens (tertiary/aromatic N) is 1. The van der Waals surface area contributed by atoms with Crippen LogP contribution in [0.15, 0.2) is 43.0 Å². The van der Waals surface area contributed by atoms with Crippen molar-refractivity contribution in [1.82, 2.24) is 30.9 Å². The van der Waals surface area contributed by atoms with E-state index in [4.69, 9.17) is 11.5 Å². The first-order valence-electron chi connectivity index (χ1n) is 13.4. The van der Waals surface area contributed by atoms with Gasteiger partial charge in [-0.25, -0.2) is 9.78 Å². The fraction of sp³-hybridized carbons (Fsp3) is 0.407. The first-order chi connectivity index (χ1) is 20.1. The predicted molar refractivity (Wildman–Crippen MR) is 151 cm³/mol. The lowest BCUT2D eigenvalue weighted by atomic mass is 10.0. The van der Waals surface area contributed by atoms with Gasteiger partial charge in [0.15, 0.2) is 0 Å². The number of fused-ring (bicyclic) bond motifs is 1. The average Bonchev–Trinajstić information content (AvgIpc) is 3.61. The summed E-state index contributed by atoms with van der Waals surface area (Å²) in [4.78, 5) is 72.3. The van der Waals surface area contributed by atoms with Gasteiger partial charge in [-0.2, -0.15) is 0 Å². The molecule has 226 valence electrons.